The highest BCUT2D eigenvalue weighted by atomic mass is 16.9. The zero-order valence-electron chi connectivity index (χ0n) is 8.55. The average Bonchev–Trinajstić information content (AvgIpc) is 2.75. The maximum absolute atomic E-state index is 5.72. The van der Waals surface area contributed by atoms with Crippen LogP contribution in [0.5, 0.6) is 0 Å². The summed E-state index contributed by atoms with van der Waals surface area (Å²) < 4.78 is 11.3. The lowest BCUT2D eigenvalue weighted by molar-refractivity contribution is 0.222. The smallest absolute Gasteiger partial charge is 0.226 e. The number of hydrogen-bond acceptors (Lipinski definition) is 2. The van der Waals surface area contributed by atoms with Gasteiger partial charge in [-0.2, -0.15) is 0 Å². The molecule has 0 aromatic heterocycles. The van der Waals surface area contributed by atoms with Gasteiger partial charge in [0.05, 0.1) is 0 Å². The normalized spacial score (nSPS) is 50.8. The van der Waals surface area contributed by atoms with Gasteiger partial charge in [-0.3, -0.25) is 0 Å². The van der Waals surface area contributed by atoms with Gasteiger partial charge < -0.3 is 9.47 Å². The van der Waals surface area contributed by atoms with Crippen LogP contribution in [0.2, 0.25) is 0 Å². The summed E-state index contributed by atoms with van der Waals surface area (Å²) >= 11 is 0. The van der Waals surface area contributed by atoms with E-state index >= 15 is 0 Å². The second-order valence-electron chi connectivity index (χ2n) is 4.81. The van der Waals surface area contributed by atoms with Crippen LogP contribution >= 0.6 is 0 Å². The molecule has 0 aromatic rings. The Labute approximate surface area is 74.2 Å². The standard InChI is InChI=1S/C10H18O2/c1-6(2)8-10(11-8)9(5,12-10)7(3)4/h6-8H,1-5H3/t8-,9-,10+/m1/s1. The molecule has 0 amide bonds. The lowest BCUT2D eigenvalue weighted by Crippen LogP contribution is -2.22. The van der Waals surface area contributed by atoms with E-state index in [0.717, 1.165) is 0 Å². The zero-order valence-corrected chi connectivity index (χ0v) is 8.55. The molecule has 1 spiro atoms. The van der Waals surface area contributed by atoms with Crippen LogP contribution in [0.3, 0.4) is 0 Å². The first-order valence-corrected chi connectivity index (χ1v) is 4.82. The predicted molar refractivity (Wildman–Crippen MR) is 46.8 cm³/mol. The summed E-state index contributed by atoms with van der Waals surface area (Å²) in [5.41, 5.74) is -0.0120. The van der Waals surface area contributed by atoms with Gasteiger partial charge >= 0.3 is 0 Å². The van der Waals surface area contributed by atoms with E-state index in [-0.39, 0.29) is 11.4 Å². The third-order valence-electron chi connectivity index (χ3n) is 3.34. The van der Waals surface area contributed by atoms with Gasteiger partial charge in [-0.05, 0) is 18.8 Å². The maximum atomic E-state index is 5.72. The molecular formula is C10H18O2. The fourth-order valence-corrected chi connectivity index (χ4v) is 2.02. The molecule has 0 aromatic carbocycles. The Morgan fingerprint density at radius 3 is 2.00 bits per heavy atom. The summed E-state index contributed by atoms with van der Waals surface area (Å²) in [6.45, 7) is 10.9. The number of ether oxygens (including phenoxy) is 2. The topological polar surface area (TPSA) is 25.1 Å². The average molecular weight is 170 g/mol. The molecule has 0 radical (unpaired) electrons. The Balaban J connectivity index is 2.05. The Hall–Kier alpha value is -0.0800. The highest BCUT2D eigenvalue weighted by Crippen LogP contribution is 2.67. The quantitative estimate of drug-likeness (QED) is 0.593. The molecule has 2 saturated heterocycles. The minimum absolute atomic E-state index is 0.0120. The summed E-state index contributed by atoms with van der Waals surface area (Å²) in [5.74, 6) is 0.932. The number of rotatable bonds is 2. The van der Waals surface area contributed by atoms with Gasteiger partial charge in [0.1, 0.15) is 11.7 Å². The van der Waals surface area contributed by atoms with E-state index in [2.05, 4.69) is 34.6 Å². The monoisotopic (exact) mass is 170 g/mol. The molecule has 0 N–H and O–H groups in total. The van der Waals surface area contributed by atoms with Gasteiger partial charge in [-0.25, -0.2) is 0 Å². The van der Waals surface area contributed by atoms with Crippen molar-refractivity contribution in [3.63, 3.8) is 0 Å². The molecule has 2 heteroatoms. The second kappa shape index (κ2) is 2.05. The Kier molecular flexibility index (Phi) is 1.45. The highest BCUT2D eigenvalue weighted by molar-refractivity contribution is 5.22. The van der Waals surface area contributed by atoms with Crippen molar-refractivity contribution >= 4 is 0 Å². The second-order valence-corrected chi connectivity index (χ2v) is 4.81. The zero-order chi connectivity index (χ0) is 9.15. The molecule has 2 aliphatic rings. The van der Waals surface area contributed by atoms with Gasteiger partial charge in [0.2, 0.25) is 5.79 Å². The molecule has 12 heavy (non-hydrogen) atoms. The van der Waals surface area contributed by atoms with Crippen molar-refractivity contribution in [3.05, 3.63) is 0 Å². The van der Waals surface area contributed by atoms with Crippen LogP contribution in [0.4, 0.5) is 0 Å². The van der Waals surface area contributed by atoms with Gasteiger partial charge in [0.25, 0.3) is 0 Å². The van der Waals surface area contributed by atoms with Gasteiger partial charge in [0, 0.05) is 0 Å². The van der Waals surface area contributed by atoms with Crippen LogP contribution in [0.15, 0.2) is 0 Å². The van der Waals surface area contributed by atoms with Crippen LogP contribution in [0.25, 0.3) is 0 Å². The molecule has 2 aliphatic heterocycles. The summed E-state index contributed by atoms with van der Waals surface area (Å²) in [6.07, 6.45) is 0.338. The SMILES string of the molecule is CC(C)[C@H]1O[C@]12O[C@]2(C)C(C)C. The Morgan fingerprint density at radius 2 is 1.75 bits per heavy atom. The van der Waals surface area contributed by atoms with Crippen LogP contribution in [0, 0.1) is 11.8 Å². The Morgan fingerprint density at radius 1 is 1.17 bits per heavy atom. The molecule has 2 fully saturated rings. The van der Waals surface area contributed by atoms with Gasteiger partial charge in [-0.15, -0.1) is 0 Å². The molecule has 2 heterocycles. The van der Waals surface area contributed by atoms with E-state index in [1.807, 2.05) is 0 Å². The highest BCUT2D eigenvalue weighted by Gasteiger charge is 2.84. The molecular weight excluding hydrogens is 152 g/mol. The van der Waals surface area contributed by atoms with E-state index in [0.29, 0.717) is 17.9 Å². The van der Waals surface area contributed by atoms with Crippen LogP contribution < -0.4 is 0 Å². The molecule has 3 atom stereocenters. The van der Waals surface area contributed by atoms with E-state index in [9.17, 15) is 0 Å². The van der Waals surface area contributed by atoms with E-state index in [1.165, 1.54) is 0 Å². The summed E-state index contributed by atoms with van der Waals surface area (Å²) in [4.78, 5) is 0. The third-order valence-corrected chi connectivity index (χ3v) is 3.34. The summed E-state index contributed by atoms with van der Waals surface area (Å²) in [5, 5.41) is 0. The maximum Gasteiger partial charge on any atom is 0.226 e. The van der Waals surface area contributed by atoms with Gasteiger partial charge in [0.15, 0.2) is 0 Å². The summed E-state index contributed by atoms with van der Waals surface area (Å²) in [7, 11) is 0. The van der Waals surface area contributed by atoms with E-state index < -0.39 is 0 Å². The van der Waals surface area contributed by atoms with Crippen molar-refractivity contribution in [2.24, 2.45) is 11.8 Å². The van der Waals surface area contributed by atoms with Crippen molar-refractivity contribution in [1.29, 1.82) is 0 Å². The van der Waals surface area contributed by atoms with Crippen molar-refractivity contribution in [3.8, 4) is 0 Å². The minimum atomic E-state index is -0.185. The fraction of sp³-hybridized carbons (Fsp3) is 1.00. The first-order valence-electron chi connectivity index (χ1n) is 4.82. The Bertz CT molecular complexity index is 212. The molecule has 0 aliphatic carbocycles. The molecule has 0 saturated carbocycles. The van der Waals surface area contributed by atoms with Crippen molar-refractivity contribution in [2.45, 2.75) is 52.1 Å². The van der Waals surface area contributed by atoms with E-state index in [1.54, 1.807) is 0 Å². The minimum Gasteiger partial charge on any atom is -0.336 e. The number of epoxide rings is 2. The molecule has 2 nitrogen and oxygen atoms in total. The van der Waals surface area contributed by atoms with E-state index in [4.69, 9.17) is 9.47 Å². The number of hydrogen-bond donors (Lipinski definition) is 0. The largest absolute Gasteiger partial charge is 0.336 e. The lowest BCUT2D eigenvalue weighted by atomic mass is 9.90. The van der Waals surface area contributed by atoms with Crippen molar-refractivity contribution in [1.82, 2.24) is 0 Å². The fourth-order valence-electron chi connectivity index (χ4n) is 2.02. The summed E-state index contributed by atoms with van der Waals surface area (Å²) in [6, 6.07) is 0. The van der Waals surface area contributed by atoms with Crippen LogP contribution in [-0.2, 0) is 9.47 Å². The third kappa shape index (κ3) is 0.775. The van der Waals surface area contributed by atoms with Crippen molar-refractivity contribution < 1.29 is 9.47 Å². The molecule has 0 bridgehead atoms. The first kappa shape index (κ1) is 8.52. The predicted octanol–water partition coefficient (Wildman–Crippen LogP) is 2.18. The molecule has 2 rings (SSSR count). The first-order chi connectivity index (χ1) is 5.44. The van der Waals surface area contributed by atoms with Crippen molar-refractivity contribution in [2.75, 3.05) is 0 Å². The van der Waals surface area contributed by atoms with Crippen LogP contribution in [-0.4, -0.2) is 17.5 Å². The molecule has 70 valence electrons. The molecule has 0 unspecified atom stereocenters. The lowest BCUT2D eigenvalue weighted by Gasteiger charge is -2.07. The van der Waals surface area contributed by atoms with Gasteiger partial charge in [-0.1, -0.05) is 27.7 Å². The van der Waals surface area contributed by atoms with Crippen LogP contribution in [0.1, 0.15) is 34.6 Å².